The van der Waals surface area contributed by atoms with E-state index < -0.39 is 20.7 Å². The van der Waals surface area contributed by atoms with Crippen molar-refractivity contribution >= 4 is 15.7 Å². The first-order valence-electron chi connectivity index (χ1n) is 7.24. The summed E-state index contributed by atoms with van der Waals surface area (Å²) in [5.74, 6) is 0.276. The molecule has 0 radical (unpaired) electrons. The Labute approximate surface area is 140 Å². The minimum Gasteiger partial charge on any atom is -0.497 e. The standard InChI is InChI=1S/C16H18N2O5S/c1-23-15-7-4-5-13(11-15)9-10-17-24(21,22)12-14-6-2-3-8-16(14)18(19)20/h2-8,11,17H,9-10,12H2,1H3. The van der Waals surface area contributed by atoms with Crippen molar-refractivity contribution in [3.63, 3.8) is 0 Å². The van der Waals surface area contributed by atoms with Crippen molar-refractivity contribution in [2.45, 2.75) is 12.2 Å². The lowest BCUT2D eigenvalue weighted by Gasteiger charge is -2.08. The molecule has 8 heteroatoms. The van der Waals surface area contributed by atoms with E-state index in [1.165, 1.54) is 18.2 Å². The van der Waals surface area contributed by atoms with Gasteiger partial charge in [0.2, 0.25) is 10.0 Å². The van der Waals surface area contributed by atoms with E-state index in [0.717, 1.165) is 5.56 Å². The van der Waals surface area contributed by atoms with Gasteiger partial charge in [-0.1, -0.05) is 30.3 Å². The number of ether oxygens (including phenoxy) is 1. The number of para-hydroxylation sites is 1. The molecule has 0 unspecified atom stereocenters. The van der Waals surface area contributed by atoms with Crippen LogP contribution < -0.4 is 9.46 Å². The molecule has 24 heavy (non-hydrogen) atoms. The lowest BCUT2D eigenvalue weighted by molar-refractivity contribution is -0.385. The first kappa shape index (κ1) is 17.9. The van der Waals surface area contributed by atoms with Gasteiger partial charge in [0.15, 0.2) is 0 Å². The number of benzene rings is 2. The van der Waals surface area contributed by atoms with Gasteiger partial charge < -0.3 is 4.74 Å². The molecule has 0 aromatic heterocycles. The highest BCUT2D eigenvalue weighted by Gasteiger charge is 2.19. The van der Waals surface area contributed by atoms with Crippen molar-refractivity contribution in [3.8, 4) is 5.75 Å². The topological polar surface area (TPSA) is 98.5 Å². The first-order valence-corrected chi connectivity index (χ1v) is 8.89. The van der Waals surface area contributed by atoms with Gasteiger partial charge in [-0.3, -0.25) is 10.1 Å². The molecule has 0 spiro atoms. The van der Waals surface area contributed by atoms with Crippen molar-refractivity contribution in [2.75, 3.05) is 13.7 Å². The highest BCUT2D eigenvalue weighted by atomic mass is 32.2. The van der Waals surface area contributed by atoms with Crippen LogP contribution in [-0.2, 0) is 22.2 Å². The molecule has 2 rings (SSSR count). The minimum absolute atomic E-state index is 0.163. The third kappa shape index (κ3) is 5.04. The van der Waals surface area contributed by atoms with Gasteiger partial charge in [-0.25, -0.2) is 13.1 Å². The zero-order valence-corrected chi connectivity index (χ0v) is 14.0. The van der Waals surface area contributed by atoms with Crippen LogP contribution in [0.25, 0.3) is 0 Å². The highest BCUT2D eigenvalue weighted by molar-refractivity contribution is 7.88. The zero-order valence-electron chi connectivity index (χ0n) is 13.1. The monoisotopic (exact) mass is 350 g/mol. The number of hydrogen-bond donors (Lipinski definition) is 1. The molecule has 0 amide bonds. The van der Waals surface area contributed by atoms with Gasteiger partial charge in [-0.2, -0.15) is 0 Å². The van der Waals surface area contributed by atoms with Crippen LogP contribution in [0.5, 0.6) is 5.75 Å². The number of sulfonamides is 1. The summed E-state index contributed by atoms with van der Waals surface area (Å²) in [6.07, 6.45) is 0.493. The number of nitrogens with one attached hydrogen (secondary N) is 1. The fourth-order valence-corrected chi connectivity index (χ4v) is 3.41. The molecule has 0 saturated carbocycles. The summed E-state index contributed by atoms with van der Waals surface area (Å²) >= 11 is 0. The van der Waals surface area contributed by atoms with Crippen LogP contribution in [0.3, 0.4) is 0 Å². The van der Waals surface area contributed by atoms with Crippen LogP contribution in [0.2, 0.25) is 0 Å². The molecule has 0 bridgehead atoms. The largest absolute Gasteiger partial charge is 0.497 e. The minimum atomic E-state index is -3.66. The Balaban J connectivity index is 1.98. The molecule has 128 valence electrons. The van der Waals surface area contributed by atoms with E-state index in [-0.39, 0.29) is 17.8 Å². The van der Waals surface area contributed by atoms with Gasteiger partial charge in [-0.05, 0) is 24.1 Å². The summed E-state index contributed by atoms with van der Waals surface area (Å²) in [5.41, 5.74) is 0.898. The van der Waals surface area contributed by atoms with Crippen molar-refractivity contribution in [1.82, 2.24) is 4.72 Å². The highest BCUT2D eigenvalue weighted by Crippen LogP contribution is 2.19. The Hall–Kier alpha value is -2.45. The average molecular weight is 350 g/mol. The van der Waals surface area contributed by atoms with E-state index >= 15 is 0 Å². The summed E-state index contributed by atoms with van der Waals surface area (Å²) in [4.78, 5) is 10.4. The fraction of sp³-hybridized carbons (Fsp3) is 0.250. The predicted octanol–water partition coefficient (Wildman–Crippen LogP) is 2.27. The van der Waals surface area contributed by atoms with E-state index in [9.17, 15) is 18.5 Å². The van der Waals surface area contributed by atoms with Crippen LogP contribution in [0.15, 0.2) is 48.5 Å². The van der Waals surface area contributed by atoms with Crippen LogP contribution in [0, 0.1) is 10.1 Å². The summed E-state index contributed by atoms with van der Waals surface area (Å²) in [6.45, 7) is 0.204. The van der Waals surface area contributed by atoms with Crippen molar-refractivity contribution in [2.24, 2.45) is 0 Å². The molecule has 1 N–H and O–H groups in total. The summed E-state index contributed by atoms with van der Waals surface area (Å²) in [7, 11) is -2.10. The normalized spacial score (nSPS) is 11.2. The van der Waals surface area contributed by atoms with E-state index in [1.54, 1.807) is 13.2 Å². The number of hydrogen-bond acceptors (Lipinski definition) is 5. The van der Waals surface area contributed by atoms with Gasteiger partial charge in [0.25, 0.3) is 5.69 Å². The zero-order chi connectivity index (χ0) is 17.6. The Morgan fingerprint density at radius 2 is 1.92 bits per heavy atom. The molecular weight excluding hydrogens is 332 g/mol. The van der Waals surface area contributed by atoms with Crippen LogP contribution in [0.4, 0.5) is 5.69 Å². The van der Waals surface area contributed by atoms with E-state index in [2.05, 4.69) is 4.72 Å². The smallest absolute Gasteiger partial charge is 0.273 e. The predicted molar refractivity (Wildman–Crippen MR) is 90.4 cm³/mol. The molecule has 0 aliphatic heterocycles. The van der Waals surface area contributed by atoms with E-state index in [1.807, 2.05) is 24.3 Å². The van der Waals surface area contributed by atoms with E-state index in [4.69, 9.17) is 4.74 Å². The lowest BCUT2D eigenvalue weighted by atomic mass is 10.1. The maximum Gasteiger partial charge on any atom is 0.273 e. The van der Waals surface area contributed by atoms with Gasteiger partial charge in [-0.15, -0.1) is 0 Å². The van der Waals surface area contributed by atoms with Crippen LogP contribution >= 0.6 is 0 Å². The molecule has 2 aromatic rings. The third-order valence-electron chi connectivity index (χ3n) is 3.40. The maximum absolute atomic E-state index is 12.1. The molecule has 0 heterocycles. The quantitative estimate of drug-likeness (QED) is 0.582. The summed E-state index contributed by atoms with van der Waals surface area (Å²) in [6, 6.07) is 13.2. The van der Waals surface area contributed by atoms with Gasteiger partial charge in [0, 0.05) is 18.2 Å². The molecule has 0 aliphatic carbocycles. The van der Waals surface area contributed by atoms with Gasteiger partial charge in [0.05, 0.1) is 17.8 Å². The number of rotatable bonds is 8. The third-order valence-corrected chi connectivity index (χ3v) is 4.74. The summed E-state index contributed by atoms with van der Waals surface area (Å²) in [5, 5.41) is 10.9. The number of methoxy groups -OCH3 is 1. The number of nitro benzene ring substituents is 1. The van der Waals surface area contributed by atoms with Crippen molar-refractivity contribution in [3.05, 3.63) is 69.8 Å². The molecule has 0 fully saturated rings. The van der Waals surface area contributed by atoms with Crippen molar-refractivity contribution in [1.29, 1.82) is 0 Å². The Morgan fingerprint density at radius 3 is 2.62 bits per heavy atom. The second-order valence-electron chi connectivity index (χ2n) is 5.14. The maximum atomic E-state index is 12.1. The number of nitrogens with zero attached hydrogens (tertiary/aromatic N) is 1. The Bertz CT molecular complexity index is 821. The fourth-order valence-electron chi connectivity index (χ4n) is 2.25. The first-order chi connectivity index (χ1) is 11.4. The molecule has 0 aliphatic rings. The molecule has 7 nitrogen and oxygen atoms in total. The van der Waals surface area contributed by atoms with Gasteiger partial charge >= 0.3 is 0 Å². The van der Waals surface area contributed by atoms with Crippen LogP contribution in [-0.4, -0.2) is 27.0 Å². The van der Waals surface area contributed by atoms with E-state index in [0.29, 0.717) is 12.2 Å². The average Bonchev–Trinajstić information content (AvgIpc) is 2.54. The Kier molecular flexibility index (Phi) is 5.88. The molecule has 0 atom stereocenters. The van der Waals surface area contributed by atoms with Crippen LogP contribution in [0.1, 0.15) is 11.1 Å². The van der Waals surface area contributed by atoms with Crippen molar-refractivity contribution < 1.29 is 18.1 Å². The SMILES string of the molecule is COc1cccc(CCNS(=O)(=O)Cc2ccccc2[N+](=O)[O-])c1. The molecule has 2 aromatic carbocycles. The summed E-state index contributed by atoms with van der Waals surface area (Å²) < 4.78 is 31.8. The van der Waals surface area contributed by atoms with Gasteiger partial charge in [0.1, 0.15) is 5.75 Å². The molecular formula is C16H18N2O5S. The Morgan fingerprint density at radius 1 is 1.17 bits per heavy atom. The second-order valence-corrected chi connectivity index (χ2v) is 6.95. The molecule has 0 saturated heterocycles. The second kappa shape index (κ2) is 7.89. The lowest BCUT2D eigenvalue weighted by Crippen LogP contribution is -2.27. The number of nitro groups is 1.